The van der Waals surface area contributed by atoms with E-state index in [0.717, 1.165) is 24.2 Å². The van der Waals surface area contributed by atoms with Gasteiger partial charge in [0, 0.05) is 11.8 Å². The molecule has 0 spiro atoms. The van der Waals surface area contributed by atoms with E-state index in [4.69, 9.17) is 4.74 Å². The number of fused-ring (bicyclic) bond motifs is 1. The van der Waals surface area contributed by atoms with Gasteiger partial charge in [-0.3, -0.25) is 0 Å². The molecule has 1 fully saturated rings. The van der Waals surface area contributed by atoms with E-state index in [1.54, 1.807) is 0 Å². The number of hydrogen-bond donors (Lipinski definition) is 1. The molecule has 2 aliphatic heterocycles. The first-order valence-corrected chi connectivity index (χ1v) is 3.63. The maximum absolute atomic E-state index is 10.7. The number of carbonyl (C=O) groups is 1. The Labute approximate surface area is 64.7 Å². The lowest BCUT2D eigenvalue weighted by molar-refractivity contribution is -0.139. The number of carbonyl (C=O) groups excluding carboxylic acids is 1. The molecule has 0 saturated carbocycles. The molecule has 1 unspecified atom stereocenters. The summed E-state index contributed by atoms with van der Waals surface area (Å²) < 4.78 is 4.98. The maximum atomic E-state index is 10.7. The van der Waals surface area contributed by atoms with Crippen LogP contribution in [0, 0.1) is 0 Å². The summed E-state index contributed by atoms with van der Waals surface area (Å²) in [7, 11) is 0. The van der Waals surface area contributed by atoms with Crippen molar-refractivity contribution in [2.45, 2.75) is 18.9 Å². The van der Waals surface area contributed by atoms with Crippen molar-refractivity contribution in [2.24, 2.45) is 0 Å². The molecule has 2 rings (SSSR count). The first-order valence-electron chi connectivity index (χ1n) is 3.63. The Hall–Kier alpha value is -1.25. The smallest absolute Gasteiger partial charge is 0.333 e. The van der Waals surface area contributed by atoms with Crippen LogP contribution in [0.4, 0.5) is 0 Å². The first-order chi connectivity index (χ1) is 5.25. The summed E-state index contributed by atoms with van der Waals surface area (Å²) in [6.45, 7) is 3.78. The van der Waals surface area contributed by atoms with Gasteiger partial charge in [-0.25, -0.2) is 4.79 Å². The summed E-state index contributed by atoms with van der Waals surface area (Å²) in [6, 6.07) is 0. The van der Waals surface area contributed by atoms with Crippen molar-refractivity contribution >= 4 is 5.97 Å². The minimum atomic E-state index is -0.243. The summed E-state index contributed by atoms with van der Waals surface area (Å²) in [5.41, 5.74) is 1.83. The molecule has 1 N–H and O–H groups in total. The largest absolute Gasteiger partial charge is 0.453 e. The Morgan fingerprint density at radius 3 is 3.36 bits per heavy atom. The normalized spacial score (nSPS) is 28.7. The van der Waals surface area contributed by atoms with Crippen molar-refractivity contribution in [3.8, 4) is 0 Å². The molecule has 0 aromatic carbocycles. The molecule has 0 aromatic heterocycles. The Kier molecular flexibility index (Phi) is 1.24. The van der Waals surface area contributed by atoms with Crippen LogP contribution in [-0.2, 0) is 9.53 Å². The molecule has 1 atom stereocenters. The van der Waals surface area contributed by atoms with Crippen molar-refractivity contribution in [1.29, 1.82) is 0 Å². The molecule has 0 bridgehead atoms. The monoisotopic (exact) mass is 151 g/mol. The lowest BCUT2D eigenvalue weighted by atomic mass is 10.1. The predicted molar refractivity (Wildman–Crippen MR) is 39.5 cm³/mol. The van der Waals surface area contributed by atoms with Gasteiger partial charge in [0.15, 0.2) is 0 Å². The third kappa shape index (κ3) is 1.02. The van der Waals surface area contributed by atoms with E-state index in [9.17, 15) is 4.79 Å². The van der Waals surface area contributed by atoms with Crippen LogP contribution in [0.25, 0.3) is 0 Å². The van der Waals surface area contributed by atoms with Crippen LogP contribution in [0.15, 0.2) is 24.0 Å². The lowest BCUT2D eigenvalue weighted by Gasteiger charge is -2.22. The molecule has 11 heavy (non-hydrogen) atoms. The van der Waals surface area contributed by atoms with Gasteiger partial charge >= 0.3 is 5.97 Å². The SMILES string of the molecule is C=C1CCC2OC(=O)C=C2N1. The van der Waals surface area contributed by atoms with E-state index in [-0.39, 0.29) is 12.1 Å². The van der Waals surface area contributed by atoms with E-state index in [1.807, 2.05) is 0 Å². The van der Waals surface area contributed by atoms with E-state index in [1.165, 1.54) is 6.08 Å². The minimum Gasteiger partial charge on any atom is -0.453 e. The zero-order valence-electron chi connectivity index (χ0n) is 6.09. The number of rotatable bonds is 0. The molecular weight excluding hydrogens is 142 g/mol. The van der Waals surface area contributed by atoms with Crippen molar-refractivity contribution in [3.63, 3.8) is 0 Å². The summed E-state index contributed by atoms with van der Waals surface area (Å²) in [5, 5.41) is 3.03. The molecule has 58 valence electrons. The number of nitrogens with one attached hydrogen (secondary N) is 1. The average Bonchev–Trinajstić information content (AvgIpc) is 2.27. The fourth-order valence-electron chi connectivity index (χ4n) is 1.36. The van der Waals surface area contributed by atoms with Gasteiger partial charge in [0.05, 0.1) is 5.70 Å². The van der Waals surface area contributed by atoms with Gasteiger partial charge in [-0.1, -0.05) is 6.58 Å². The van der Waals surface area contributed by atoms with E-state index in [2.05, 4.69) is 11.9 Å². The van der Waals surface area contributed by atoms with Gasteiger partial charge in [-0.2, -0.15) is 0 Å². The van der Waals surface area contributed by atoms with Crippen LogP contribution in [0.1, 0.15) is 12.8 Å². The Morgan fingerprint density at radius 2 is 2.55 bits per heavy atom. The van der Waals surface area contributed by atoms with E-state index in [0.29, 0.717) is 0 Å². The second-order valence-electron chi connectivity index (χ2n) is 2.79. The second-order valence-corrected chi connectivity index (χ2v) is 2.79. The van der Waals surface area contributed by atoms with Crippen LogP contribution in [0.5, 0.6) is 0 Å². The van der Waals surface area contributed by atoms with Gasteiger partial charge in [0.2, 0.25) is 0 Å². The third-order valence-electron chi connectivity index (χ3n) is 1.91. The topological polar surface area (TPSA) is 38.3 Å². The molecule has 2 aliphatic rings. The van der Waals surface area contributed by atoms with E-state index < -0.39 is 0 Å². The van der Waals surface area contributed by atoms with Crippen LogP contribution in [0.3, 0.4) is 0 Å². The van der Waals surface area contributed by atoms with Crippen molar-refractivity contribution in [2.75, 3.05) is 0 Å². The standard InChI is InChI=1S/C8H9NO2/c1-5-2-3-7-6(9-5)4-8(10)11-7/h4,7,9H,1-3H2. The van der Waals surface area contributed by atoms with Gasteiger partial charge in [0.25, 0.3) is 0 Å². The van der Waals surface area contributed by atoms with E-state index >= 15 is 0 Å². The number of ether oxygens (including phenoxy) is 1. The predicted octanol–water partition coefficient (Wildman–Crippen LogP) is 0.693. The summed E-state index contributed by atoms with van der Waals surface area (Å²) >= 11 is 0. The molecule has 3 heteroatoms. The van der Waals surface area contributed by atoms with Crippen LogP contribution < -0.4 is 5.32 Å². The number of hydrogen-bond acceptors (Lipinski definition) is 3. The van der Waals surface area contributed by atoms with Crippen LogP contribution in [-0.4, -0.2) is 12.1 Å². The lowest BCUT2D eigenvalue weighted by Crippen LogP contribution is -2.27. The third-order valence-corrected chi connectivity index (χ3v) is 1.91. The maximum Gasteiger partial charge on any atom is 0.333 e. The number of allylic oxidation sites excluding steroid dienone is 1. The number of esters is 1. The summed E-state index contributed by atoms with van der Waals surface area (Å²) in [4.78, 5) is 10.7. The van der Waals surface area contributed by atoms with Gasteiger partial charge < -0.3 is 10.1 Å². The molecular formula is C8H9NO2. The number of piperidine rings is 1. The highest BCUT2D eigenvalue weighted by Crippen LogP contribution is 2.24. The minimum absolute atomic E-state index is 0.0343. The molecule has 2 heterocycles. The van der Waals surface area contributed by atoms with Crippen molar-refractivity contribution in [1.82, 2.24) is 5.32 Å². The Balaban J connectivity index is 2.21. The molecule has 1 saturated heterocycles. The molecule has 3 nitrogen and oxygen atoms in total. The van der Waals surface area contributed by atoms with Gasteiger partial charge in [-0.05, 0) is 12.8 Å². The fourth-order valence-corrected chi connectivity index (χ4v) is 1.36. The molecule has 0 amide bonds. The van der Waals surface area contributed by atoms with Gasteiger partial charge in [0.1, 0.15) is 6.10 Å². The average molecular weight is 151 g/mol. The van der Waals surface area contributed by atoms with Crippen molar-refractivity contribution in [3.05, 3.63) is 24.0 Å². The highest BCUT2D eigenvalue weighted by atomic mass is 16.5. The van der Waals surface area contributed by atoms with Crippen LogP contribution >= 0.6 is 0 Å². The highest BCUT2D eigenvalue weighted by molar-refractivity contribution is 5.85. The highest BCUT2D eigenvalue weighted by Gasteiger charge is 2.29. The summed E-state index contributed by atoms with van der Waals surface area (Å²) in [6.07, 6.45) is 3.21. The second kappa shape index (κ2) is 2.12. The molecule has 0 radical (unpaired) electrons. The van der Waals surface area contributed by atoms with Crippen molar-refractivity contribution < 1.29 is 9.53 Å². The van der Waals surface area contributed by atoms with Crippen LogP contribution in [0.2, 0.25) is 0 Å². The summed E-state index contributed by atoms with van der Waals surface area (Å²) in [5.74, 6) is -0.243. The zero-order chi connectivity index (χ0) is 7.84. The Bertz CT molecular complexity index is 255. The fraction of sp³-hybridized carbons (Fsp3) is 0.375. The first kappa shape index (κ1) is 6.46. The zero-order valence-corrected chi connectivity index (χ0v) is 6.09. The quantitative estimate of drug-likeness (QED) is 0.518. The van der Waals surface area contributed by atoms with Gasteiger partial charge in [-0.15, -0.1) is 0 Å². The Morgan fingerprint density at radius 1 is 1.73 bits per heavy atom. The molecule has 0 aromatic rings. The molecule has 0 aliphatic carbocycles.